The fourth-order valence-corrected chi connectivity index (χ4v) is 3.08. The van der Waals surface area contributed by atoms with Crippen molar-refractivity contribution in [3.05, 3.63) is 10.4 Å². The van der Waals surface area contributed by atoms with Gasteiger partial charge in [0, 0.05) is 12.6 Å². The fourth-order valence-electron chi connectivity index (χ4n) is 2.70. The molecule has 0 aromatic carbocycles. The molecule has 0 radical (unpaired) electrons. The number of hydrogen-bond acceptors (Lipinski definition) is 6. The van der Waals surface area contributed by atoms with Crippen LogP contribution in [0.25, 0.3) is 0 Å². The highest BCUT2D eigenvalue weighted by Crippen LogP contribution is 2.29. The van der Waals surface area contributed by atoms with Crippen LogP contribution in [-0.2, 0) is 4.74 Å². The van der Waals surface area contributed by atoms with Crippen molar-refractivity contribution >= 4 is 40.8 Å². The molecule has 2 rings (SSSR count). The van der Waals surface area contributed by atoms with E-state index in [2.05, 4.69) is 15.3 Å². The van der Waals surface area contributed by atoms with E-state index in [4.69, 9.17) is 33.7 Å². The number of nitrogens with zero attached hydrogens (tertiary/aromatic N) is 3. The summed E-state index contributed by atoms with van der Waals surface area (Å²) in [7, 11) is 0. The van der Waals surface area contributed by atoms with Crippen LogP contribution in [0.1, 0.15) is 40.5 Å². The summed E-state index contributed by atoms with van der Waals surface area (Å²) < 4.78 is 5.48. The lowest BCUT2D eigenvalue weighted by atomic mass is 10.1. The molecule has 1 saturated heterocycles. The van der Waals surface area contributed by atoms with E-state index in [1.54, 1.807) is 4.90 Å². The zero-order chi connectivity index (χ0) is 18.1. The Morgan fingerprint density at radius 1 is 1.42 bits per heavy atom. The lowest BCUT2D eigenvalue weighted by Crippen LogP contribution is -2.46. The topological polar surface area (TPSA) is 93.4 Å². The SMILES string of the molecule is CC(Nc1nc(Cl)nc(Cl)c1N)[C@@H]1CCCN1C(=O)OC(C)(C)C. The number of carbonyl (C=O) groups excluding carboxylic acids is 1. The van der Waals surface area contributed by atoms with Gasteiger partial charge in [-0.3, -0.25) is 0 Å². The molecule has 3 N–H and O–H groups in total. The van der Waals surface area contributed by atoms with Gasteiger partial charge in [-0.1, -0.05) is 11.6 Å². The first-order valence-corrected chi connectivity index (χ1v) is 8.59. The molecule has 0 saturated carbocycles. The largest absolute Gasteiger partial charge is 0.444 e. The van der Waals surface area contributed by atoms with E-state index in [9.17, 15) is 4.79 Å². The Hall–Kier alpha value is -1.47. The number of rotatable bonds is 3. The van der Waals surface area contributed by atoms with Crippen LogP contribution in [-0.4, -0.2) is 45.2 Å². The lowest BCUT2D eigenvalue weighted by molar-refractivity contribution is 0.0216. The van der Waals surface area contributed by atoms with Crippen molar-refractivity contribution in [2.45, 2.75) is 58.2 Å². The monoisotopic (exact) mass is 375 g/mol. The summed E-state index contributed by atoms with van der Waals surface area (Å²) in [5.41, 5.74) is 5.60. The van der Waals surface area contributed by atoms with Crippen molar-refractivity contribution in [1.29, 1.82) is 0 Å². The average Bonchev–Trinajstić information content (AvgIpc) is 2.91. The Balaban J connectivity index is 2.11. The number of likely N-dealkylation sites (tertiary alicyclic amines) is 1. The van der Waals surface area contributed by atoms with Gasteiger partial charge in [-0.15, -0.1) is 0 Å². The van der Waals surface area contributed by atoms with Gasteiger partial charge in [-0.25, -0.2) is 9.78 Å². The number of carbonyl (C=O) groups is 1. The van der Waals surface area contributed by atoms with Gasteiger partial charge in [0.1, 0.15) is 11.3 Å². The second-order valence-corrected chi connectivity index (χ2v) is 7.56. The molecule has 134 valence electrons. The number of aromatic nitrogens is 2. The van der Waals surface area contributed by atoms with Crippen LogP contribution in [0.4, 0.5) is 16.3 Å². The summed E-state index contributed by atoms with van der Waals surface area (Å²) in [6.07, 6.45) is 1.46. The minimum absolute atomic E-state index is 0.0133. The molecule has 1 aromatic heterocycles. The Morgan fingerprint density at radius 2 is 2.08 bits per heavy atom. The van der Waals surface area contributed by atoms with E-state index in [1.165, 1.54) is 0 Å². The van der Waals surface area contributed by atoms with Crippen molar-refractivity contribution in [3.8, 4) is 0 Å². The Morgan fingerprint density at radius 3 is 2.71 bits per heavy atom. The zero-order valence-corrected chi connectivity index (χ0v) is 15.8. The first kappa shape index (κ1) is 18.9. The highest BCUT2D eigenvalue weighted by molar-refractivity contribution is 6.34. The van der Waals surface area contributed by atoms with E-state index < -0.39 is 5.60 Å². The van der Waals surface area contributed by atoms with Crippen molar-refractivity contribution in [2.24, 2.45) is 0 Å². The van der Waals surface area contributed by atoms with Gasteiger partial charge < -0.3 is 20.7 Å². The molecule has 0 bridgehead atoms. The maximum Gasteiger partial charge on any atom is 0.410 e. The van der Waals surface area contributed by atoms with Gasteiger partial charge in [0.25, 0.3) is 0 Å². The number of halogens is 2. The van der Waals surface area contributed by atoms with Crippen molar-refractivity contribution in [1.82, 2.24) is 14.9 Å². The van der Waals surface area contributed by atoms with Crippen LogP contribution in [0.5, 0.6) is 0 Å². The summed E-state index contributed by atoms with van der Waals surface area (Å²) in [5.74, 6) is 0.364. The molecule has 1 amide bonds. The van der Waals surface area contributed by atoms with Crippen LogP contribution >= 0.6 is 23.2 Å². The predicted octanol–water partition coefficient (Wildman–Crippen LogP) is 3.57. The van der Waals surface area contributed by atoms with E-state index in [1.807, 2.05) is 27.7 Å². The summed E-state index contributed by atoms with van der Waals surface area (Å²) in [6.45, 7) is 8.17. The number of nitrogens with one attached hydrogen (secondary N) is 1. The number of nitrogens with two attached hydrogens (primary N) is 1. The minimum atomic E-state index is -0.529. The van der Waals surface area contributed by atoms with Crippen molar-refractivity contribution in [2.75, 3.05) is 17.6 Å². The minimum Gasteiger partial charge on any atom is -0.444 e. The van der Waals surface area contributed by atoms with E-state index in [-0.39, 0.29) is 34.3 Å². The Kier molecular flexibility index (Phi) is 5.65. The van der Waals surface area contributed by atoms with Gasteiger partial charge in [-0.05, 0) is 52.1 Å². The first-order valence-electron chi connectivity index (χ1n) is 7.83. The third-order valence-electron chi connectivity index (χ3n) is 3.74. The van der Waals surface area contributed by atoms with E-state index in [0.717, 1.165) is 12.8 Å². The molecule has 7 nitrogen and oxygen atoms in total. The van der Waals surface area contributed by atoms with Gasteiger partial charge in [0.2, 0.25) is 5.28 Å². The quantitative estimate of drug-likeness (QED) is 0.619. The van der Waals surface area contributed by atoms with Crippen LogP contribution in [0, 0.1) is 0 Å². The smallest absolute Gasteiger partial charge is 0.410 e. The standard InChI is InChI=1S/C15H23Cl2N5O2/c1-8(19-12-10(18)11(16)20-13(17)21-12)9-6-5-7-22(9)14(23)24-15(2,3)4/h8-9H,5-7,18H2,1-4H3,(H,19,20,21)/t8?,9-/m0/s1. The molecule has 1 aliphatic rings. The van der Waals surface area contributed by atoms with Crippen molar-refractivity contribution in [3.63, 3.8) is 0 Å². The maximum absolute atomic E-state index is 12.4. The molecule has 24 heavy (non-hydrogen) atoms. The molecule has 1 fully saturated rings. The van der Waals surface area contributed by atoms with E-state index >= 15 is 0 Å². The summed E-state index contributed by atoms with van der Waals surface area (Å²) in [5, 5.41) is 3.30. The van der Waals surface area contributed by atoms with Crippen LogP contribution in [0.3, 0.4) is 0 Å². The zero-order valence-electron chi connectivity index (χ0n) is 14.3. The molecule has 9 heteroatoms. The van der Waals surface area contributed by atoms with E-state index in [0.29, 0.717) is 12.4 Å². The van der Waals surface area contributed by atoms with Crippen molar-refractivity contribution < 1.29 is 9.53 Å². The fraction of sp³-hybridized carbons (Fsp3) is 0.667. The summed E-state index contributed by atoms with van der Waals surface area (Å²) in [6, 6.07) is -0.142. The molecule has 2 atom stereocenters. The molecule has 1 aliphatic heterocycles. The van der Waals surface area contributed by atoms with Gasteiger partial charge in [0.05, 0.1) is 6.04 Å². The predicted molar refractivity (Wildman–Crippen MR) is 95.5 cm³/mol. The maximum atomic E-state index is 12.4. The number of anilines is 2. The highest BCUT2D eigenvalue weighted by atomic mass is 35.5. The average molecular weight is 376 g/mol. The summed E-state index contributed by atoms with van der Waals surface area (Å²) >= 11 is 11.8. The van der Waals surface area contributed by atoms with Gasteiger partial charge >= 0.3 is 6.09 Å². The molecular formula is C15H23Cl2N5O2. The number of amides is 1. The lowest BCUT2D eigenvalue weighted by Gasteiger charge is -2.32. The van der Waals surface area contributed by atoms with Gasteiger partial charge in [0.15, 0.2) is 11.0 Å². The van der Waals surface area contributed by atoms with Gasteiger partial charge in [-0.2, -0.15) is 4.98 Å². The molecule has 2 heterocycles. The van der Waals surface area contributed by atoms with Crippen LogP contribution < -0.4 is 11.1 Å². The molecule has 1 unspecified atom stereocenters. The molecular weight excluding hydrogens is 353 g/mol. The second-order valence-electron chi connectivity index (χ2n) is 6.86. The normalized spacial score (nSPS) is 19.2. The first-order chi connectivity index (χ1) is 11.1. The highest BCUT2D eigenvalue weighted by Gasteiger charge is 2.35. The third-order valence-corrected chi connectivity index (χ3v) is 4.20. The van der Waals surface area contributed by atoms with Crippen LogP contribution in [0.15, 0.2) is 0 Å². The third kappa shape index (κ3) is 4.54. The van der Waals surface area contributed by atoms with Crippen LogP contribution in [0.2, 0.25) is 10.4 Å². The molecule has 0 spiro atoms. The Bertz CT molecular complexity index is 621. The number of nitrogen functional groups attached to an aromatic ring is 1. The number of hydrogen-bond donors (Lipinski definition) is 2. The summed E-state index contributed by atoms with van der Waals surface area (Å²) in [4.78, 5) is 22.0. The molecule has 0 aliphatic carbocycles. The second kappa shape index (κ2) is 7.19. The Labute approximate surface area is 151 Å². The number of ether oxygens (including phenoxy) is 1. The molecule has 1 aromatic rings.